The Kier molecular flexibility index (Phi) is 5.77. The molecule has 0 saturated heterocycles. The number of nitrogens with two attached hydrogens (primary N) is 1. The highest BCUT2D eigenvalue weighted by Gasteiger charge is 2.21. The van der Waals surface area contributed by atoms with Crippen LogP contribution < -0.4 is 11.1 Å². The molecule has 1 aliphatic carbocycles. The summed E-state index contributed by atoms with van der Waals surface area (Å²) in [5.41, 5.74) is 5.71. The minimum Gasteiger partial charge on any atom is -0.381 e. The summed E-state index contributed by atoms with van der Waals surface area (Å²) < 4.78 is 5.46. The molecule has 16 heavy (non-hydrogen) atoms. The van der Waals surface area contributed by atoms with Crippen LogP contribution in [0.3, 0.4) is 0 Å². The summed E-state index contributed by atoms with van der Waals surface area (Å²) in [6.07, 6.45) is 3.50. The maximum atomic E-state index is 11.5. The van der Waals surface area contributed by atoms with Gasteiger partial charge >= 0.3 is 0 Å². The van der Waals surface area contributed by atoms with Crippen molar-refractivity contribution >= 4 is 5.91 Å². The highest BCUT2D eigenvalue weighted by atomic mass is 16.5. The van der Waals surface area contributed by atoms with Gasteiger partial charge in [0.2, 0.25) is 5.91 Å². The molecule has 1 saturated carbocycles. The standard InChI is InChI=1S/C12H24N2O2/c1-9(2)11(13)12(15)14-6-3-7-16-8-10-4-5-10/h9-11H,3-8,13H2,1-2H3,(H,14,15). The van der Waals surface area contributed by atoms with E-state index in [2.05, 4.69) is 5.32 Å². The van der Waals surface area contributed by atoms with Crippen LogP contribution in [0.25, 0.3) is 0 Å². The number of rotatable bonds is 8. The van der Waals surface area contributed by atoms with E-state index >= 15 is 0 Å². The predicted octanol–water partition coefficient (Wildman–Crippen LogP) is 0.903. The van der Waals surface area contributed by atoms with Gasteiger partial charge in [0.05, 0.1) is 6.04 Å². The van der Waals surface area contributed by atoms with Gasteiger partial charge in [-0.15, -0.1) is 0 Å². The fraction of sp³-hybridized carbons (Fsp3) is 0.917. The summed E-state index contributed by atoms with van der Waals surface area (Å²) in [6.45, 7) is 6.17. The number of nitrogens with one attached hydrogen (secondary N) is 1. The van der Waals surface area contributed by atoms with Crippen molar-refractivity contribution in [1.29, 1.82) is 0 Å². The Labute approximate surface area is 97.9 Å². The minimum absolute atomic E-state index is 0.0582. The molecule has 1 rings (SSSR count). The molecule has 3 N–H and O–H groups in total. The number of amides is 1. The van der Waals surface area contributed by atoms with E-state index in [0.717, 1.165) is 25.6 Å². The van der Waals surface area contributed by atoms with Gasteiger partial charge in [0.15, 0.2) is 0 Å². The molecular weight excluding hydrogens is 204 g/mol. The molecule has 1 aliphatic rings. The van der Waals surface area contributed by atoms with Gasteiger partial charge in [0.25, 0.3) is 0 Å². The molecule has 1 amide bonds. The Bertz CT molecular complexity index is 215. The second-order valence-electron chi connectivity index (χ2n) is 4.93. The van der Waals surface area contributed by atoms with Crippen LogP contribution in [0.1, 0.15) is 33.1 Å². The van der Waals surface area contributed by atoms with E-state index in [1.165, 1.54) is 12.8 Å². The topological polar surface area (TPSA) is 64.4 Å². The molecule has 1 unspecified atom stereocenters. The molecule has 0 aliphatic heterocycles. The molecule has 0 bridgehead atoms. The van der Waals surface area contributed by atoms with E-state index in [1.54, 1.807) is 0 Å². The van der Waals surface area contributed by atoms with Gasteiger partial charge in [0, 0.05) is 19.8 Å². The average Bonchev–Trinajstić information content (AvgIpc) is 3.05. The van der Waals surface area contributed by atoms with Gasteiger partial charge in [-0.1, -0.05) is 13.8 Å². The zero-order valence-electron chi connectivity index (χ0n) is 10.4. The number of carbonyl (C=O) groups is 1. The van der Waals surface area contributed by atoms with Crippen LogP contribution in [-0.4, -0.2) is 31.7 Å². The van der Waals surface area contributed by atoms with Crippen molar-refractivity contribution in [2.45, 2.75) is 39.2 Å². The molecule has 1 fully saturated rings. The van der Waals surface area contributed by atoms with Crippen LogP contribution in [0.4, 0.5) is 0 Å². The van der Waals surface area contributed by atoms with Gasteiger partial charge in [-0.25, -0.2) is 0 Å². The highest BCUT2D eigenvalue weighted by Crippen LogP contribution is 2.28. The fourth-order valence-corrected chi connectivity index (χ4v) is 1.34. The van der Waals surface area contributed by atoms with Crippen LogP contribution in [-0.2, 0) is 9.53 Å². The Morgan fingerprint density at radius 1 is 1.50 bits per heavy atom. The SMILES string of the molecule is CC(C)C(N)C(=O)NCCCOCC1CC1. The van der Waals surface area contributed by atoms with Gasteiger partial charge < -0.3 is 15.8 Å². The van der Waals surface area contributed by atoms with Gasteiger partial charge in [-0.3, -0.25) is 4.79 Å². The highest BCUT2D eigenvalue weighted by molar-refractivity contribution is 5.81. The third kappa shape index (κ3) is 5.47. The van der Waals surface area contributed by atoms with E-state index in [1.807, 2.05) is 13.8 Å². The molecule has 94 valence electrons. The average molecular weight is 228 g/mol. The monoisotopic (exact) mass is 228 g/mol. The summed E-state index contributed by atoms with van der Waals surface area (Å²) in [5, 5.41) is 2.82. The maximum absolute atomic E-state index is 11.5. The summed E-state index contributed by atoms with van der Waals surface area (Å²) in [7, 11) is 0. The molecule has 0 aromatic heterocycles. The first-order valence-corrected chi connectivity index (χ1v) is 6.22. The van der Waals surface area contributed by atoms with Crippen LogP contribution in [0, 0.1) is 11.8 Å². The van der Waals surface area contributed by atoms with E-state index < -0.39 is 6.04 Å². The van der Waals surface area contributed by atoms with Crippen LogP contribution >= 0.6 is 0 Å². The Hall–Kier alpha value is -0.610. The maximum Gasteiger partial charge on any atom is 0.237 e. The molecule has 1 atom stereocenters. The number of hydrogen-bond acceptors (Lipinski definition) is 3. The minimum atomic E-state index is -0.396. The molecule has 0 radical (unpaired) electrons. The molecular formula is C12H24N2O2. The molecule has 0 spiro atoms. The molecule has 0 aromatic rings. The fourth-order valence-electron chi connectivity index (χ4n) is 1.34. The normalized spacial score (nSPS) is 17.5. The first-order valence-electron chi connectivity index (χ1n) is 6.22. The Balaban J connectivity index is 1.90. The van der Waals surface area contributed by atoms with Crippen molar-refractivity contribution in [2.24, 2.45) is 17.6 Å². The Morgan fingerprint density at radius 2 is 2.19 bits per heavy atom. The van der Waals surface area contributed by atoms with Gasteiger partial charge in [-0.2, -0.15) is 0 Å². The van der Waals surface area contributed by atoms with Crippen LogP contribution in [0.5, 0.6) is 0 Å². The molecule has 4 nitrogen and oxygen atoms in total. The van der Waals surface area contributed by atoms with Crippen molar-refractivity contribution in [1.82, 2.24) is 5.32 Å². The lowest BCUT2D eigenvalue weighted by Gasteiger charge is -2.15. The van der Waals surface area contributed by atoms with E-state index in [4.69, 9.17) is 10.5 Å². The van der Waals surface area contributed by atoms with E-state index in [9.17, 15) is 4.79 Å². The predicted molar refractivity (Wildman–Crippen MR) is 64.0 cm³/mol. The lowest BCUT2D eigenvalue weighted by atomic mass is 10.1. The lowest BCUT2D eigenvalue weighted by Crippen LogP contribution is -2.44. The molecule has 4 heteroatoms. The zero-order chi connectivity index (χ0) is 12.0. The Morgan fingerprint density at radius 3 is 2.75 bits per heavy atom. The largest absolute Gasteiger partial charge is 0.381 e. The molecule has 0 aromatic carbocycles. The third-order valence-corrected chi connectivity index (χ3v) is 2.84. The smallest absolute Gasteiger partial charge is 0.237 e. The first kappa shape index (κ1) is 13.5. The zero-order valence-corrected chi connectivity index (χ0v) is 10.4. The van der Waals surface area contributed by atoms with Crippen LogP contribution in [0.2, 0.25) is 0 Å². The van der Waals surface area contributed by atoms with E-state index in [0.29, 0.717) is 6.54 Å². The van der Waals surface area contributed by atoms with Crippen LogP contribution in [0.15, 0.2) is 0 Å². The van der Waals surface area contributed by atoms with E-state index in [-0.39, 0.29) is 11.8 Å². The van der Waals surface area contributed by atoms with Crippen molar-refractivity contribution in [3.63, 3.8) is 0 Å². The second-order valence-corrected chi connectivity index (χ2v) is 4.93. The third-order valence-electron chi connectivity index (χ3n) is 2.84. The van der Waals surface area contributed by atoms with Crippen molar-refractivity contribution in [2.75, 3.05) is 19.8 Å². The second kappa shape index (κ2) is 6.86. The first-order chi connectivity index (χ1) is 7.61. The summed E-state index contributed by atoms with van der Waals surface area (Å²) in [5.74, 6) is 0.937. The molecule has 0 heterocycles. The number of ether oxygens (including phenoxy) is 1. The number of hydrogen-bond donors (Lipinski definition) is 2. The van der Waals surface area contributed by atoms with Crippen molar-refractivity contribution < 1.29 is 9.53 Å². The number of carbonyl (C=O) groups excluding carboxylic acids is 1. The summed E-state index contributed by atoms with van der Waals surface area (Å²) in [4.78, 5) is 11.5. The van der Waals surface area contributed by atoms with Crippen molar-refractivity contribution in [3.05, 3.63) is 0 Å². The van der Waals surface area contributed by atoms with Crippen molar-refractivity contribution in [3.8, 4) is 0 Å². The lowest BCUT2D eigenvalue weighted by molar-refractivity contribution is -0.123. The van der Waals surface area contributed by atoms with Gasteiger partial charge in [0.1, 0.15) is 0 Å². The summed E-state index contributed by atoms with van der Waals surface area (Å²) >= 11 is 0. The summed E-state index contributed by atoms with van der Waals surface area (Å²) in [6, 6.07) is -0.396. The van der Waals surface area contributed by atoms with Gasteiger partial charge in [-0.05, 0) is 31.1 Å². The quantitative estimate of drug-likeness (QED) is 0.607.